The first-order chi connectivity index (χ1) is 18.4. The Bertz CT molecular complexity index is 1610. The summed E-state index contributed by atoms with van der Waals surface area (Å²) in [6.07, 6.45) is 2.94. The quantitative estimate of drug-likeness (QED) is 0.296. The number of ether oxygens (including phenoxy) is 2. The molecule has 0 spiro atoms. The average Bonchev–Trinajstić information content (AvgIpc) is 2.94. The lowest BCUT2D eigenvalue weighted by Crippen LogP contribution is -2.31. The first-order valence-corrected chi connectivity index (χ1v) is 14.4. The van der Waals surface area contributed by atoms with Crippen LogP contribution in [0.25, 0.3) is 10.8 Å². The van der Waals surface area contributed by atoms with Gasteiger partial charge in [-0.1, -0.05) is 36.4 Å². The first kappa shape index (κ1) is 25.8. The van der Waals surface area contributed by atoms with Crippen LogP contribution < -0.4 is 14.2 Å². The number of aryl methyl sites for hydroxylation is 1. The van der Waals surface area contributed by atoms with Crippen molar-refractivity contribution < 1.29 is 17.9 Å². The molecule has 0 radical (unpaired) electrons. The largest absolute Gasteiger partial charge is 0.497 e. The van der Waals surface area contributed by atoms with Gasteiger partial charge in [0.05, 0.1) is 24.5 Å². The van der Waals surface area contributed by atoms with E-state index < -0.39 is 10.0 Å². The van der Waals surface area contributed by atoms with Crippen LogP contribution in [0.2, 0.25) is 0 Å². The summed E-state index contributed by atoms with van der Waals surface area (Å²) in [7, 11) is -1.93. The zero-order valence-corrected chi connectivity index (χ0v) is 22.1. The van der Waals surface area contributed by atoms with Crippen molar-refractivity contribution in [1.29, 1.82) is 5.26 Å². The van der Waals surface area contributed by atoms with Gasteiger partial charge in [0.25, 0.3) is 0 Å². The van der Waals surface area contributed by atoms with Gasteiger partial charge in [-0.15, -0.1) is 0 Å². The number of nitrogens with one attached hydrogen (secondary N) is 1. The number of rotatable bonds is 9. The summed E-state index contributed by atoms with van der Waals surface area (Å²) in [5.41, 5.74) is 4.78. The molecule has 1 aliphatic carbocycles. The summed E-state index contributed by atoms with van der Waals surface area (Å²) < 4.78 is 39.8. The van der Waals surface area contributed by atoms with Crippen molar-refractivity contribution in [3.8, 4) is 17.6 Å². The van der Waals surface area contributed by atoms with Crippen LogP contribution in [0.4, 0.5) is 0 Å². The fourth-order valence-corrected chi connectivity index (χ4v) is 6.23. The summed E-state index contributed by atoms with van der Waals surface area (Å²) in [6, 6.07) is 27.2. The molecule has 6 nitrogen and oxygen atoms in total. The van der Waals surface area contributed by atoms with Crippen LogP contribution >= 0.6 is 0 Å². The second-order valence-corrected chi connectivity index (χ2v) is 11.5. The minimum atomic E-state index is -3.49. The van der Waals surface area contributed by atoms with E-state index in [4.69, 9.17) is 14.7 Å². The molecule has 0 saturated carbocycles. The van der Waals surface area contributed by atoms with E-state index in [9.17, 15) is 8.42 Å². The fourth-order valence-electron chi connectivity index (χ4n) is 5.06. The van der Waals surface area contributed by atoms with E-state index in [2.05, 4.69) is 29.0 Å². The Morgan fingerprint density at radius 2 is 1.79 bits per heavy atom. The van der Waals surface area contributed by atoms with Crippen LogP contribution in [-0.2, 0) is 28.8 Å². The Hall–Kier alpha value is -3.86. The minimum absolute atomic E-state index is 0.0868. The van der Waals surface area contributed by atoms with Crippen molar-refractivity contribution in [2.45, 2.75) is 37.5 Å². The topological polar surface area (TPSA) is 88.4 Å². The molecule has 1 aliphatic rings. The number of sulfonamides is 1. The molecular weight excluding hydrogens is 496 g/mol. The van der Waals surface area contributed by atoms with Crippen molar-refractivity contribution >= 4 is 20.8 Å². The number of benzene rings is 4. The van der Waals surface area contributed by atoms with Crippen LogP contribution in [0.1, 0.15) is 46.6 Å². The smallest absolute Gasteiger partial charge is 0.215 e. The van der Waals surface area contributed by atoms with Crippen molar-refractivity contribution in [3.05, 3.63) is 107 Å². The molecule has 0 aromatic heterocycles. The molecule has 0 saturated heterocycles. The van der Waals surface area contributed by atoms with E-state index in [0.29, 0.717) is 30.0 Å². The number of nitriles is 1. The highest BCUT2D eigenvalue weighted by molar-refractivity contribution is 7.88. The summed E-state index contributed by atoms with van der Waals surface area (Å²) >= 11 is 0. The summed E-state index contributed by atoms with van der Waals surface area (Å²) in [5.74, 6) is 1.42. The number of nitrogens with zero attached hydrogens (tertiary/aromatic N) is 1. The second-order valence-electron chi connectivity index (χ2n) is 9.71. The Labute approximate surface area is 223 Å². The monoisotopic (exact) mass is 526 g/mol. The fraction of sp³-hybridized carbons (Fsp3) is 0.258. The van der Waals surface area contributed by atoms with Crippen molar-refractivity contribution in [1.82, 2.24) is 4.72 Å². The predicted molar refractivity (Wildman–Crippen MR) is 149 cm³/mol. The van der Waals surface area contributed by atoms with Gasteiger partial charge < -0.3 is 9.47 Å². The lowest BCUT2D eigenvalue weighted by molar-refractivity contribution is 0.305. The minimum Gasteiger partial charge on any atom is -0.497 e. The highest BCUT2D eigenvalue weighted by atomic mass is 32.2. The standard InChI is InChI=1S/C31H30N2O4S/c1-36-29-7-2-4-24(16-29)21-38(34,35)33-19-28-6-3-5-25-12-13-30(17-31(25)28)37-20-23-9-11-26-14-22(18-32)8-10-27(26)15-23/h2,4,7-17,28,33H,3,5-6,19-21H2,1H3. The van der Waals surface area contributed by atoms with Gasteiger partial charge in [0.2, 0.25) is 10.0 Å². The van der Waals surface area contributed by atoms with Gasteiger partial charge in [0.1, 0.15) is 18.1 Å². The maximum absolute atomic E-state index is 12.8. The highest BCUT2D eigenvalue weighted by Gasteiger charge is 2.23. The molecule has 38 heavy (non-hydrogen) atoms. The molecule has 1 N–H and O–H groups in total. The highest BCUT2D eigenvalue weighted by Crippen LogP contribution is 2.34. The zero-order valence-electron chi connectivity index (χ0n) is 21.3. The molecular formula is C31H30N2O4S. The molecule has 4 aromatic rings. The SMILES string of the molecule is COc1cccc(CS(=O)(=O)NCC2CCCc3ccc(OCc4ccc5cc(C#N)ccc5c4)cc32)c1. The van der Waals surface area contributed by atoms with Crippen molar-refractivity contribution in [3.63, 3.8) is 0 Å². The van der Waals surface area contributed by atoms with Crippen LogP contribution in [0.5, 0.6) is 11.5 Å². The average molecular weight is 527 g/mol. The lowest BCUT2D eigenvalue weighted by Gasteiger charge is -2.26. The van der Waals surface area contributed by atoms with Gasteiger partial charge in [-0.3, -0.25) is 0 Å². The van der Waals surface area contributed by atoms with E-state index in [-0.39, 0.29) is 11.7 Å². The Balaban J connectivity index is 1.25. The molecule has 0 bridgehead atoms. The van der Waals surface area contributed by atoms with Gasteiger partial charge in [0.15, 0.2) is 0 Å². The van der Waals surface area contributed by atoms with Gasteiger partial charge >= 0.3 is 0 Å². The van der Waals surface area contributed by atoms with Gasteiger partial charge in [-0.2, -0.15) is 5.26 Å². The first-order valence-electron chi connectivity index (χ1n) is 12.7. The number of methoxy groups -OCH3 is 1. The molecule has 7 heteroatoms. The van der Waals surface area contributed by atoms with E-state index >= 15 is 0 Å². The Kier molecular flexibility index (Phi) is 7.64. The van der Waals surface area contributed by atoms with Crippen molar-refractivity contribution in [2.24, 2.45) is 0 Å². The van der Waals surface area contributed by atoms with Crippen molar-refractivity contribution in [2.75, 3.05) is 13.7 Å². The molecule has 0 aliphatic heterocycles. The molecule has 0 amide bonds. The zero-order chi connectivity index (χ0) is 26.5. The third kappa shape index (κ3) is 6.16. The lowest BCUT2D eigenvalue weighted by atomic mass is 9.83. The third-order valence-electron chi connectivity index (χ3n) is 7.04. The number of hydrogen-bond acceptors (Lipinski definition) is 5. The van der Waals surface area contributed by atoms with Gasteiger partial charge in [-0.25, -0.2) is 13.1 Å². The molecule has 0 heterocycles. The third-order valence-corrected chi connectivity index (χ3v) is 8.36. The molecule has 1 atom stereocenters. The second kappa shape index (κ2) is 11.3. The summed E-state index contributed by atoms with van der Waals surface area (Å²) in [6.45, 7) is 0.782. The Morgan fingerprint density at radius 1 is 0.947 bits per heavy atom. The molecule has 1 unspecified atom stereocenters. The molecule has 5 rings (SSSR count). The van der Waals surface area contributed by atoms with Crippen LogP contribution in [0, 0.1) is 11.3 Å². The molecule has 4 aromatic carbocycles. The molecule has 0 fully saturated rings. The Morgan fingerprint density at radius 3 is 2.63 bits per heavy atom. The number of hydrogen-bond donors (Lipinski definition) is 1. The van der Waals surface area contributed by atoms with E-state index in [1.807, 2.05) is 36.4 Å². The van der Waals surface area contributed by atoms with Crippen LogP contribution in [0.15, 0.2) is 78.9 Å². The number of fused-ring (bicyclic) bond motifs is 2. The molecule has 194 valence electrons. The van der Waals surface area contributed by atoms with E-state index in [0.717, 1.165) is 46.9 Å². The van der Waals surface area contributed by atoms with E-state index in [1.54, 1.807) is 31.4 Å². The van der Waals surface area contributed by atoms with Gasteiger partial charge in [-0.05, 0) is 101 Å². The maximum Gasteiger partial charge on any atom is 0.215 e. The summed E-state index contributed by atoms with van der Waals surface area (Å²) in [5, 5.41) is 11.2. The maximum atomic E-state index is 12.8. The predicted octanol–water partition coefficient (Wildman–Crippen LogP) is 5.84. The van der Waals surface area contributed by atoms with E-state index in [1.165, 1.54) is 5.56 Å². The van der Waals surface area contributed by atoms with Crippen LogP contribution in [-0.4, -0.2) is 22.1 Å². The van der Waals surface area contributed by atoms with Crippen LogP contribution in [0.3, 0.4) is 0 Å². The summed E-state index contributed by atoms with van der Waals surface area (Å²) in [4.78, 5) is 0. The van der Waals surface area contributed by atoms with Gasteiger partial charge in [0, 0.05) is 6.54 Å². The normalized spacial score (nSPS) is 15.0.